The molecule has 0 aliphatic rings. The number of aryl methyl sites for hydroxylation is 1. The zero-order valence-electron chi connectivity index (χ0n) is 7.37. The highest BCUT2D eigenvalue weighted by Crippen LogP contribution is 2.14. The molecule has 0 aromatic heterocycles. The topological polar surface area (TPSA) is 49.3 Å². The number of aliphatic carboxylic acids is 1. The molecule has 1 aromatic rings. The average molecular weight is 177 g/mol. The van der Waals surface area contributed by atoms with Gasteiger partial charge in [-0.25, -0.2) is 4.79 Å². The van der Waals surface area contributed by atoms with Crippen LogP contribution in [0.2, 0.25) is 0 Å². The summed E-state index contributed by atoms with van der Waals surface area (Å²) in [6.07, 6.45) is 0. The molecule has 0 spiro atoms. The number of carboxylic acid groups (broad SMARTS) is 1. The van der Waals surface area contributed by atoms with Crippen LogP contribution in [0.1, 0.15) is 5.56 Å². The van der Waals surface area contributed by atoms with Gasteiger partial charge in [-0.1, -0.05) is 24.8 Å². The number of para-hydroxylation sites is 1. The van der Waals surface area contributed by atoms with Gasteiger partial charge in [-0.15, -0.1) is 0 Å². The quantitative estimate of drug-likeness (QED) is 0.694. The predicted molar refractivity (Wildman–Crippen MR) is 51.6 cm³/mol. The third kappa shape index (κ3) is 2.33. The number of anilines is 1. The van der Waals surface area contributed by atoms with Crippen molar-refractivity contribution in [1.29, 1.82) is 0 Å². The van der Waals surface area contributed by atoms with Gasteiger partial charge in [-0.05, 0) is 18.6 Å². The van der Waals surface area contributed by atoms with Crippen LogP contribution in [-0.4, -0.2) is 11.1 Å². The second kappa shape index (κ2) is 3.76. The first-order valence-corrected chi connectivity index (χ1v) is 3.86. The number of carbonyl (C=O) groups is 1. The predicted octanol–water partition coefficient (Wildman–Crippen LogP) is 2.01. The third-order valence-electron chi connectivity index (χ3n) is 1.69. The summed E-state index contributed by atoms with van der Waals surface area (Å²) in [6, 6.07) is 7.44. The molecule has 1 aromatic carbocycles. The van der Waals surface area contributed by atoms with Crippen LogP contribution < -0.4 is 5.32 Å². The lowest BCUT2D eigenvalue weighted by atomic mass is 10.2. The fourth-order valence-corrected chi connectivity index (χ4v) is 0.929. The molecule has 0 atom stereocenters. The number of carboxylic acids is 1. The summed E-state index contributed by atoms with van der Waals surface area (Å²) in [5.74, 6) is -1.04. The Labute approximate surface area is 76.7 Å². The van der Waals surface area contributed by atoms with Crippen LogP contribution in [0, 0.1) is 6.92 Å². The number of rotatable bonds is 3. The van der Waals surface area contributed by atoms with Crippen LogP contribution in [-0.2, 0) is 4.79 Å². The number of hydrogen-bond acceptors (Lipinski definition) is 2. The zero-order valence-corrected chi connectivity index (χ0v) is 7.37. The molecule has 0 radical (unpaired) electrons. The lowest BCUT2D eigenvalue weighted by Gasteiger charge is -2.07. The van der Waals surface area contributed by atoms with Crippen molar-refractivity contribution in [2.24, 2.45) is 0 Å². The Morgan fingerprint density at radius 1 is 1.46 bits per heavy atom. The van der Waals surface area contributed by atoms with Gasteiger partial charge in [0.2, 0.25) is 0 Å². The Morgan fingerprint density at radius 2 is 2.08 bits per heavy atom. The Morgan fingerprint density at radius 3 is 2.62 bits per heavy atom. The van der Waals surface area contributed by atoms with E-state index in [-0.39, 0.29) is 5.70 Å². The Balaban J connectivity index is 2.81. The van der Waals surface area contributed by atoms with E-state index in [9.17, 15) is 4.79 Å². The van der Waals surface area contributed by atoms with E-state index in [4.69, 9.17) is 5.11 Å². The van der Waals surface area contributed by atoms with Gasteiger partial charge in [0.1, 0.15) is 5.70 Å². The van der Waals surface area contributed by atoms with Gasteiger partial charge in [0.25, 0.3) is 0 Å². The van der Waals surface area contributed by atoms with E-state index in [0.29, 0.717) is 0 Å². The van der Waals surface area contributed by atoms with Gasteiger partial charge in [-0.2, -0.15) is 0 Å². The minimum Gasteiger partial charge on any atom is -0.477 e. The van der Waals surface area contributed by atoms with Crippen LogP contribution >= 0.6 is 0 Å². The van der Waals surface area contributed by atoms with Crippen molar-refractivity contribution in [3.8, 4) is 0 Å². The standard InChI is InChI=1S/C10H11NO2/c1-7-5-3-4-6-9(7)11-8(2)10(12)13/h3-6,11H,2H2,1H3,(H,12,13). The molecule has 0 aliphatic carbocycles. The Bertz CT molecular complexity index is 345. The lowest BCUT2D eigenvalue weighted by molar-refractivity contribution is -0.132. The zero-order chi connectivity index (χ0) is 9.84. The maximum atomic E-state index is 10.5. The van der Waals surface area contributed by atoms with Crippen LogP contribution in [0.4, 0.5) is 5.69 Å². The molecule has 68 valence electrons. The molecule has 3 nitrogen and oxygen atoms in total. The Hall–Kier alpha value is -1.77. The first-order chi connectivity index (χ1) is 6.11. The molecular weight excluding hydrogens is 166 g/mol. The second-order valence-corrected chi connectivity index (χ2v) is 2.72. The monoisotopic (exact) mass is 177 g/mol. The van der Waals surface area contributed by atoms with Gasteiger partial charge < -0.3 is 10.4 Å². The highest BCUT2D eigenvalue weighted by Gasteiger charge is 2.04. The summed E-state index contributed by atoms with van der Waals surface area (Å²) in [5.41, 5.74) is 1.74. The molecule has 0 aliphatic heterocycles. The second-order valence-electron chi connectivity index (χ2n) is 2.72. The summed E-state index contributed by atoms with van der Waals surface area (Å²) in [5, 5.41) is 11.3. The molecule has 0 unspecified atom stereocenters. The molecule has 1 rings (SSSR count). The van der Waals surface area contributed by atoms with Crippen molar-refractivity contribution >= 4 is 11.7 Å². The van der Waals surface area contributed by atoms with Crippen LogP contribution in [0.3, 0.4) is 0 Å². The van der Waals surface area contributed by atoms with Crippen molar-refractivity contribution in [2.45, 2.75) is 6.92 Å². The number of nitrogens with one attached hydrogen (secondary N) is 1. The molecule has 13 heavy (non-hydrogen) atoms. The SMILES string of the molecule is C=C(Nc1ccccc1C)C(=O)O. The summed E-state index contributed by atoms with van der Waals surface area (Å²) in [4.78, 5) is 10.5. The van der Waals surface area contributed by atoms with Crippen molar-refractivity contribution in [3.63, 3.8) is 0 Å². The molecule has 0 amide bonds. The van der Waals surface area contributed by atoms with Gasteiger partial charge in [0.15, 0.2) is 0 Å². The summed E-state index contributed by atoms with van der Waals surface area (Å²) in [7, 11) is 0. The van der Waals surface area contributed by atoms with Gasteiger partial charge in [0.05, 0.1) is 0 Å². The molecular formula is C10H11NO2. The average Bonchev–Trinajstić information content (AvgIpc) is 2.08. The van der Waals surface area contributed by atoms with Crippen molar-refractivity contribution in [2.75, 3.05) is 5.32 Å². The van der Waals surface area contributed by atoms with E-state index in [1.165, 1.54) is 0 Å². The molecule has 2 N–H and O–H groups in total. The van der Waals surface area contributed by atoms with Gasteiger partial charge >= 0.3 is 5.97 Å². The van der Waals surface area contributed by atoms with Crippen molar-refractivity contribution < 1.29 is 9.90 Å². The van der Waals surface area contributed by atoms with Crippen LogP contribution in [0.25, 0.3) is 0 Å². The summed E-state index contributed by atoms with van der Waals surface area (Å²) in [6.45, 7) is 5.28. The number of hydrogen-bond donors (Lipinski definition) is 2. The first-order valence-electron chi connectivity index (χ1n) is 3.86. The highest BCUT2D eigenvalue weighted by molar-refractivity contribution is 5.89. The first kappa shape index (κ1) is 9.32. The van der Waals surface area contributed by atoms with Gasteiger partial charge in [-0.3, -0.25) is 0 Å². The summed E-state index contributed by atoms with van der Waals surface area (Å²) < 4.78 is 0. The largest absolute Gasteiger partial charge is 0.477 e. The third-order valence-corrected chi connectivity index (χ3v) is 1.69. The maximum Gasteiger partial charge on any atom is 0.351 e. The minimum atomic E-state index is -1.04. The molecule has 3 heteroatoms. The smallest absolute Gasteiger partial charge is 0.351 e. The maximum absolute atomic E-state index is 10.5. The lowest BCUT2D eigenvalue weighted by Crippen LogP contribution is -2.09. The number of benzene rings is 1. The van der Waals surface area contributed by atoms with E-state index in [2.05, 4.69) is 11.9 Å². The van der Waals surface area contributed by atoms with E-state index >= 15 is 0 Å². The normalized spacial score (nSPS) is 9.31. The molecule has 0 fully saturated rings. The Kier molecular flexibility index (Phi) is 2.69. The van der Waals surface area contributed by atoms with Crippen LogP contribution in [0.5, 0.6) is 0 Å². The van der Waals surface area contributed by atoms with E-state index in [1.54, 1.807) is 0 Å². The fraction of sp³-hybridized carbons (Fsp3) is 0.100. The minimum absolute atomic E-state index is 0.0192. The van der Waals surface area contributed by atoms with E-state index in [0.717, 1.165) is 11.3 Å². The summed E-state index contributed by atoms with van der Waals surface area (Å²) >= 11 is 0. The molecule has 0 saturated heterocycles. The van der Waals surface area contributed by atoms with E-state index in [1.807, 2.05) is 31.2 Å². The highest BCUT2D eigenvalue weighted by atomic mass is 16.4. The van der Waals surface area contributed by atoms with Gasteiger partial charge in [0, 0.05) is 5.69 Å². The molecule has 0 heterocycles. The van der Waals surface area contributed by atoms with E-state index < -0.39 is 5.97 Å². The molecule has 0 bridgehead atoms. The van der Waals surface area contributed by atoms with Crippen LogP contribution in [0.15, 0.2) is 36.5 Å². The van der Waals surface area contributed by atoms with Crippen molar-refractivity contribution in [1.82, 2.24) is 0 Å². The molecule has 0 saturated carbocycles. The van der Waals surface area contributed by atoms with Crippen molar-refractivity contribution in [3.05, 3.63) is 42.1 Å². The fourth-order valence-electron chi connectivity index (χ4n) is 0.929.